The van der Waals surface area contributed by atoms with E-state index in [1.54, 1.807) is 11.1 Å². The van der Waals surface area contributed by atoms with Gasteiger partial charge < -0.3 is 9.47 Å². The summed E-state index contributed by atoms with van der Waals surface area (Å²) in [6.07, 6.45) is 7.11. The Morgan fingerprint density at radius 3 is 1.73 bits per heavy atom. The monoisotopic (exact) mass is 668 g/mol. The van der Waals surface area contributed by atoms with E-state index >= 15 is 0 Å². The number of rotatable bonds is 4. The van der Waals surface area contributed by atoms with E-state index in [1.807, 2.05) is 0 Å². The molecule has 2 nitrogen and oxygen atoms in total. The highest BCUT2D eigenvalue weighted by atomic mass is 15.1. The highest BCUT2D eigenvalue weighted by Gasteiger charge is 2.61. The number of aromatic nitrogens is 1. The van der Waals surface area contributed by atoms with E-state index in [0.717, 1.165) is 29.4 Å². The highest BCUT2D eigenvalue weighted by Crippen LogP contribution is 2.69. The van der Waals surface area contributed by atoms with Crippen LogP contribution in [0.1, 0.15) is 43.2 Å². The maximum Gasteiger partial charge on any atom is 0.0541 e. The van der Waals surface area contributed by atoms with E-state index in [-0.39, 0.29) is 5.41 Å². The maximum absolute atomic E-state index is 2.55. The Morgan fingerprint density at radius 2 is 1.00 bits per heavy atom. The van der Waals surface area contributed by atoms with Crippen LogP contribution in [-0.4, -0.2) is 4.57 Å². The number of fused-ring (bicyclic) bond motifs is 7. The van der Waals surface area contributed by atoms with Gasteiger partial charge in [0.2, 0.25) is 0 Å². The molecule has 4 bridgehead atoms. The molecule has 52 heavy (non-hydrogen) atoms. The molecule has 13 rings (SSSR count). The molecule has 250 valence electrons. The van der Waals surface area contributed by atoms with Crippen LogP contribution in [0, 0.1) is 23.7 Å². The van der Waals surface area contributed by atoms with E-state index < -0.39 is 0 Å². The number of hydrogen-bond donors (Lipinski definition) is 0. The van der Waals surface area contributed by atoms with Crippen LogP contribution >= 0.6 is 0 Å². The van der Waals surface area contributed by atoms with Crippen molar-refractivity contribution in [3.63, 3.8) is 0 Å². The van der Waals surface area contributed by atoms with Gasteiger partial charge in [-0.3, -0.25) is 0 Å². The lowest BCUT2D eigenvalue weighted by Crippen LogP contribution is -2.55. The van der Waals surface area contributed by atoms with Gasteiger partial charge in [-0.2, -0.15) is 0 Å². The molecular formula is C50H40N2. The van der Waals surface area contributed by atoms with Crippen molar-refractivity contribution in [2.45, 2.75) is 37.5 Å². The largest absolute Gasteiger partial charge is 0.310 e. The SMILES string of the molecule is c1ccc2c(c1)-c1cc(N(c3ccc(-n4c5ccccc5c5ccccc54)cc3)c3ccc4ccccc4c3)ccc1C21C2CC3CC(C2)CC1C3. The van der Waals surface area contributed by atoms with Gasteiger partial charge in [-0.05, 0) is 149 Å². The van der Waals surface area contributed by atoms with Gasteiger partial charge in [0.15, 0.2) is 0 Å². The molecular weight excluding hydrogens is 629 g/mol. The van der Waals surface area contributed by atoms with Crippen molar-refractivity contribution in [3.8, 4) is 16.8 Å². The van der Waals surface area contributed by atoms with Crippen LogP contribution < -0.4 is 4.90 Å². The van der Waals surface area contributed by atoms with Crippen molar-refractivity contribution < 1.29 is 0 Å². The topological polar surface area (TPSA) is 8.17 Å². The summed E-state index contributed by atoms with van der Waals surface area (Å²) in [5.74, 6) is 3.42. The lowest BCUT2D eigenvalue weighted by atomic mass is 9.43. The average molecular weight is 669 g/mol. The third-order valence-corrected chi connectivity index (χ3v) is 13.7. The smallest absolute Gasteiger partial charge is 0.0541 e. The minimum atomic E-state index is 0.176. The number of benzene rings is 7. The minimum Gasteiger partial charge on any atom is -0.310 e. The van der Waals surface area contributed by atoms with Crippen molar-refractivity contribution in [2.75, 3.05) is 4.90 Å². The Bertz CT molecular complexity index is 2630. The fourth-order valence-corrected chi connectivity index (χ4v) is 12.0. The first kappa shape index (κ1) is 29.0. The van der Waals surface area contributed by atoms with Gasteiger partial charge in [0.1, 0.15) is 0 Å². The third-order valence-electron chi connectivity index (χ3n) is 13.7. The summed E-state index contributed by atoms with van der Waals surface area (Å²) in [5.41, 5.74) is 13.5. The van der Waals surface area contributed by atoms with Gasteiger partial charge >= 0.3 is 0 Å². The van der Waals surface area contributed by atoms with E-state index in [9.17, 15) is 0 Å². The lowest BCUT2D eigenvalue weighted by Gasteiger charge is -2.61. The number of para-hydroxylation sites is 2. The Labute approximate surface area is 305 Å². The van der Waals surface area contributed by atoms with Crippen molar-refractivity contribution in [1.82, 2.24) is 4.57 Å². The first-order chi connectivity index (χ1) is 25.7. The number of nitrogens with zero attached hydrogens (tertiary/aromatic N) is 2. The molecule has 0 aliphatic heterocycles. The fourth-order valence-electron chi connectivity index (χ4n) is 12.0. The third kappa shape index (κ3) is 3.90. The molecule has 1 spiro atoms. The Morgan fingerprint density at radius 1 is 0.442 bits per heavy atom. The summed E-state index contributed by atoms with van der Waals surface area (Å²) in [6.45, 7) is 0. The van der Waals surface area contributed by atoms with E-state index in [0.29, 0.717) is 0 Å². The van der Waals surface area contributed by atoms with Gasteiger partial charge in [0.25, 0.3) is 0 Å². The molecule has 0 saturated heterocycles. The van der Waals surface area contributed by atoms with Gasteiger partial charge in [-0.1, -0.05) is 97.1 Å². The second kappa shape index (κ2) is 10.7. The molecule has 8 aromatic rings. The zero-order valence-electron chi connectivity index (χ0n) is 29.3. The Balaban J connectivity index is 1.03. The fraction of sp³-hybridized carbons (Fsp3) is 0.200. The summed E-state index contributed by atoms with van der Waals surface area (Å²) in [4.78, 5) is 2.48. The van der Waals surface area contributed by atoms with E-state index in [2.05, 4.69) is 167 Å². The highest BCUT2D eigenvalue weighted by molar-refractivity contribution is 6.09. The molecule has 0 amide bonds. The quantitative estimate of drug-likeness (QED) is 0.181. The standard InChI is InChI=1S/C50H40N2/c1-2-10-35-30-40(18-17-34(35)9-1)51(38-19-21-39(22-20-38)52-48-15-7-4-12-43(48)44-13-5-8-16-49(44)52)41-23-24-47-45(31-41)42-11-3-6-14-46(42)50(47)36-26-32-25-33(28-36)29-37(50)27-32/h1-24,30-33,36-37H,25-29H2. The molecule has 7 aromatic carbocycles. The van der Waals surface area contributed by atoms with Crippen molar-refractivity contribution in [2.24, 2.45) is 23.7 Å². The first-order valence-electron chi connectivity index (χ1n) is 19.4. The predicted octanol–water partition coefficient (Wildman–Crippen LogP) is 13.1. The van der Waals surface area contributed by atoms with Crippen molar-refractivity contribution in [3.05, 3.63) is 169 Å². The molecule has 5 aliphatic rings. The molecule has 0 unspecified atom stereocenters. The zero-order valence-corrected chi connectivity index (χ0v) is 29.3. The molecule has 5 aliphatic carbocycles. The Kier molecular flexibility index (Phi) is 5.98. The summed E-state index contributed by atoms with van der Waals surface area (Å²) < 4.78 is 2.41. The predicted molar refractivity (Wildman–Crippen MR) is 216 cm³/mol. The molecule has 1 aromatic heterocycles. The second-order valence-electron chi connectivity index (χ2n) is 16.2. The van der Waals surface area contributed by atoms with E-state index in [4.69, 9.17) is 0 Å². The van der Waals surface area contributed by atoms with Gasteiger partial charge in [0.05, 0.1) is 11.0 Å². The average Bonchev–Trinajstić information content (AvgIpc) is 3.68. The molecule has 0 atom stereocenters. The first-order valence-corrected chi connectivity index (χ1v) is 19.4. The molecule has 2 heteroatoms. The second-order valence-corrected chi connectivity index (χ2v) is 16.2. The van der Waals surface area contributed by atoms with Crippen LogP contribution in [0.5, 0.6) is 0 Å². The summed E-state index contributed by atoms with van der Waals surface area (Å²) in [5, 5.41) is 5.09. The van der Waals surface area contributed by atoms with Gasteiger partial charge in [0, 0.05) is 38.9 Å². The van der Waals surface area contributed by atoms with Crippen LogP contribution in [0.4, 0.5) is 17.1 Å². The van der Waals surface area contributed by atoms with Crippen molar-refractivity contribution >= 4 is 49.6 Å². The van der Waals surface area contributed by atoms with Crippen LogP contribution in [0.15, 0.2) is 158 Å². The molecule has 0 radical (unpaired) electrons. The Hall–Kier alpha value is -5.60. The van der Waals surface area contributed by atoms with E-state index in [1.165, 1.54) is 92.9 Å². The van der Waals surface area contributed by atoms with Crippen LogP contribution in [0.25, 0.3) is 49.4 Å². The summed E-state index contributed by atoms with van der Waals surface area (Å²) in [6, 6.07) is 59.4. The molecule has 4 fully saturated rings. The maximum atomic E-state index is 2.55. The molecule has 0 N–H and O–H groups in total. The van der Waals surface area contributed by atoms with Crippen LogP contribution in [0.2, 0.25) is 0 Å². The van der Waals surface area contributed by atoms with Gasteiger partial charge in [-0.25, -0.2) is 0 Å². The number of hydrogen-bond acceptors (Lipinski definition) is 1. The van der Waals surface area contributed by atoms with Crippen LogP contribution in [0.3, 0.4) is 0 Å². The zero-order chi connectivity index (χ0) is 34.0. The minimum absolute atomic E-state index is 0.176. The normalized spacial score (nSPS) is 23.8. The van der Waals surface area contributed by atoms with Crippen LogP contribution in [-0.2, 0) is 5.41 Å². The summed E-state index contributed by atoms with van der Waals surface area (Å²) >= 11 is 0. The lowest BCUT2D eigenvalue weighted by molar-refractivity contribution is -0.0399. The molecule has 1 heterocycles. The number of anilines is 3. The molecule has 4 saturated carbocycles. The van der Waals surface area contributed by atoms with Crippen molar-refractivity contribution in [1.29, 1.82) is 0 Å². The van der Waals surface area contributed by atoms with Gasteiger partial charge in [-0.15, -0.1) is 0 Å². The summed E-state index contributed by atoms with van der Waals surface area (Å²) in [7, 11) is 0.